The number of carboxylic acid groups (broad SMARTS) is 1. The maximum Gasteiger partial charge on any atom is 0.338 e. The molecule has 21 heavy (non-hydrogen) atoms. The summed E-state index contributed by atoms with van der Waals surface area (Å²) < 4.78 is 13.6. The third-order valence-corrected chi connectivity index (χ3v) is 4.09. The van der Waals surface area contributed by atoms with Crippen LogP contribution in [0.1, 0.15) is 36.0 Å². The fourth-order valence-corrected chi connectivity index (χ4v) is 2.70. The van der Waals surface area contributed by atoms with Crippen molar-refractivity contribution in [1.82, 2.24) is 0 Å². The number of carboxylic acids is 1. The fraction of sp³-hybridized carbons (Fsp3) is 0.500. The minimum atomic E-state index is -1.43. The van der Waals surface area contributed by atoms with Crippen LogP contribution in [0.5, 0.6) is 0 Å². The number of nitro groups is 1. The van der Waals surface area contributed by atoms with Gasteiger partial charge in [0.2, 0.25) is 0 Å². The average molecular weight is 294 g/mol. The lowest BCUT2D eigenvalue weighted by molar-refractivity contribution is -0.384. The number of aromatic carboxylic acids is 1. The molecule has 7 heteroatoms. The highest BCUT2D eigenvalue weighted by molar-refractivity contribution is 5.90. The predicted octanol–water partition coefficient (Wildman–Crippen LogP) is 3.03. The second kappa shape index (κ2) is 4.98. The molecule has 1 aromatic carbocycles. The summed E-state index contributed by atoms with van der Waals surface area (Å²) in [6.07, 6.45) is 4.31. The molecule has 112 valence electrons. The average Bonchev–Trinajstić information content (AvgIpc) is 3.27. The van der Waals surface area contributed by atoms with E-state index in [-0.39, 0.29) is 11.7 Å². The number of hydrogen-bond acceptors (Lipinski definition) is 4. The van der Waals surface area contributed by atoms with Gasteiger partial charge in [-0.25, -0.2) is 9.18 Å². The van der Waals surface area contributed by atoms with Crippen molar-refractivity contribution in [2.45, 2.75) is 31.7 Å². The molecule has 0 radical (unpaired) electrons. The van der Waals surface area contributed by atoms with Gasteiger partial charge in [0, 0.05) is 6.04 Å². The van der Waals surface area contributed by atoms with Crippen molar-refractivity contribution < 1.29 is 19.2 Å². The lowest BCUT2D eigenvalue weighted by Crippen LogP contribution is -2.25. The molecule has 2 aliphatic carbocycles. The van der Waals surface area contributed by atoms with Gasteiger partial charge in [-0.2, -0.15) is 0 Å². The van der Waals surface area contributed by atoms with Crippen LogP contribution in [0.25, 0.3) is 0 Å². The van der Waals surface area contributed by atoms with E-state index >= 15 is 0 Å². The molecule has 2 aliphatic rings. The van der Waals surface area contributed by atoms with Crippen LogP contribution < -0.4 is 5.32 Å². The largest absolute Gasteiger partial charge is 0.478 e. The Kier molecular flexibility index (Phi) is 3.27. The molecule has 0 aromatic heterocycles. The van der Waals surface area contributed by atoms with Crippen LogP contribution in [-0.2, 0) is 0 Å². The van der Waals surface area contributed by atoms with Crippen LogP contribution in [0, 0.1) is 27.8 Å². The van der Waals surface area contributed by atoms with Crippen LogP contribution in [0.2, 0.25) is 0 Å². The van der Waals surface area contributed by atoms with E-state index in [4.69, 9.17) is 5.11 Å². The van der Waals surface area contributed by atoms with Crippen molar-refractivity contribution in [2.24, 2.45) is 11.8 Å². The SMILES string of the molecule is O=C(O)c1cc(NC(C2CC2)C2CC2)c([N+](=O)[O-])cc1F. The second-order valence-corrected chi connectivity index (χ2v) is 5.76. The first-order valence-corrected chi connectivity index (χ1v) is 6.95. The van der Waals surface area contributed by atoms with Gasteiger partial charge in [0.1, 0.15) is 11.5 Å². The van der Waals surface area contributed by atoms with Crippen LogP contribution in [0.4, 0.5) is 15.8 Å². The van der Waals surface area contributed by atoms with Crippen molar-refractivity contribution in [2.75, 3.05) is 5.32 Å². The zero-order valence-electron chi connectivity index (χ0n) is 11.2. The summed E-state index contributed by atoms with van der Waals surface area (Å²) in [6.45, 7) is 0. The Bertz CT molecular complexity index is 599. The van der Waals surface area contributed by atoms with Gasteiger partial charge in [0.05, 0.1) is 16.6 Å². The molecule has 0 saturated heterocycles. The minimum absolute atomic E-state index is 0.0996. The van der Waals surface area contributed by atoms with Crippen molar-refractivity contribution >= 4 is 17.3 Å². The number of rotatable bonds is 6. The lowest BCUT2D eigenvalue weighted by atomic mass is 10.1. The molecule has 0 bridgehead atoms. The van der Waals surface area contributed by atoms with E-state index in [0.29, 0.717) is 17.9 Å². The van der Waals surface area contributed by atoms with Gasteiger partial charge in [-0.15, -0.1) is 0 Å². The van der Waals surface area contributed by atoms with E-state index in [1.807, 2.05) is 0 Å². The summed E-state index contributed by atoms with van der Waals surface area (Å²) in [5.74, 6) is -1.56. The molecule has 1 aromatic rings. The third kappa shape index (κ3) is 2.81. The molecular weight excluding hydrogens is 279 g/mol. The highest BCUT2D eigenvalue weighted by atomic mass is 19.1. The Morgan fingerprint density at radius 1 is 1.33 bits per heavy atom. The second-order valence-electron chi connectivity index (χ2n) is 5.76. The van der Waals surface area contributed by atoms with E-state index in [1.54, 1.807) is 0 Å². The van der Waals surface area contributed by atoms with Gasteiger partial charge < -0.3 is 10.4 Å². The molecule has 6 nitrogen and oxygen atoms in total. The zero-order chi connectivity index (χ0) is 15.1. The minimum Gasteiger partial charge on any atom is -0.478 e. The number of benzene rings is 1. The quantitative estimate of drug-likeness (QED) is 0.621. The molecular formula is C14H15FN2O4. The van der Waals surface area contributed by atoms with Gasteiger partial charge in [0.25, 0.3) is 5.69 Å². The number of hydrogen-bond donors (Lipinski definition) is 2. The van der Waals surface area contributed by atoms with Crippen LogP contribution in [0.15, 0.2) is 12.1 Å². The van der Waals surface area contributed by atoms with Crippen LogP contribution in [0.3, 0.4) is 0 Å². The maximum absolute atomic E-state index is 13.6. The van der Waals surface area contributed by atoms with Gasteiger partial charge in [0.15, 0.2) is 0 Å². The van der Waals surface area contributed by atoms with E-state index in [1.165, 1.54) is 0 Å². The number of carbonyl (C=O) groups is 1. The molecule has 0 heterocycles. The van der Waals surface area contributed by atoms with Crippen molar-refractivity contribution in [3.05, 3.63) is 33.6 Å². The summed E-state index contributed by atoms with van der Waals surface area (Å²) >= 11 is 0. The molecule has 0 amide bonds. The Labute approximate surface area is 120 Å². The normalized spacial score (nSPS) is 17.8. The molecule has 2 N–H and O–H groups in total. The number of halogens is 1. The molecule has 0 aliphatic heterocycles. The highest BCUT2D eigenvalue weighted by Gasteiger charge is 2.42. The lowest BCUT2D eigenvalue weighted by Gasteiger charge is -2.19. The zero-order valence-corrected chi connectivity index (χ0v) is 11.2. The molecule has 0 spiro atoms. The monoisotopic (exact) mass is 294 g/mol. The van der Waals surface area contributed by atoms with Gasteiger partial charge in [-0.3, -0.25) is 10.1 Å². The Hall–Kier alpha value is -2.18. The number of nitro benzene ring substituents is 1. The summed E-state index contributed by atoms with van der Waals surface area (Å²) in [5.41, 5.74) is -0.861. The van der Waals surface area contributed by atoms with Crippen LogP contribution >= 0.6 is 0 Å². The number of nitrogens with zero attached hydrogens (tertiary/aromatic N) is 1. The first-order chi connectivity index (χ1) is 9.97. The maximum atomic E-state index is 13.6. The van der Waals surface area contributed by atoms with E-state index < -0.39 is 28.0 Å². The van der Waals surface area contributed by atoms with Crippen molar-refractivity contribution in [3.8, 4) is 0 Å². The summed E-state index contributed by atoms with van der Waals surface area (Å²) in [4.78, 5) is 21.4. The van der Waals surface area contributed by atoms with E-state index in [0.717, 1.165) is 31.7 Å². The summed E-state index contributed by atoms with van der Waals surface area (Å²) in [5, 5.41) is 23.1. The first kappa shape index (κ1) is 13.8. The molecule has 0 atom stereocenters. The van der Waals surface area contributed by atoms with Gasteiger partial charge in [-0.05, 0) is 43.6 Å². The Morgan fingerprint density at radius 2 is 1.90 bits per heavy atom. The van der Waals surface area contributed by atoms with Crippen molar-refractivity contribution in [3.63, 3.8) is 0 Å². The third-order valence-electron chi connectivity index (χ3n) is 4.09. The first-order valence-electron chi connectivity index (χ1n) is 6.95. The standard InChI is InChI=1S/C14H15FN2O4/c15-10-6-12(17(20)21)11(5-9(10)14(18)19)16-13(7-1-2-7)8-3-4-8/h5-8,13,16H,1-4H2,(H,18,19). The smallest absolute Gasteiger partial charge is 0.338 e. The predicted molar refractivity (Wildman–Crippen MR) is 72.9 cm³/mol. The highest BCUT2D eigenvalue weighted by Crippen LogP contribution is 2.46. The molecule has 2 saturated carbocycles. The van der Waals surface area contributed by atoms with Crippen molar-refractivity contribution in [1.29, 1.82) is 0 Å². The molecule has 2 fully saturated rings. The molecule has 0 unspecified atom stereocenters. The molecule has 3 rings (SSSR count). The topological polar surface area (TPSA) is 92.5 Å². The Balaban J connectivity index is 1.95. The van der Waals surface area contributed by atoms with Gasteiger partial charge >= 0.3 is 5.97 Å². The fourth-order valence-electron chi connectivity index (χ4n) is 2.70. The number of nitrogens with one attached hydrogen (secondary N) is 1. The van der Waals surface area contributed by atoms with Crippen LogP contribution in [-0.4, -0.2) is 22.0 Å². The summed E-state index contributed by atoms with van der Waals surface area (Å²) in [6, 6.07) is 1.84. The summed E-state index contributed by atoms with van der Waals surface area (Å²) in [7, 11) is 0. The van der Waals surface area contributed by atoms with E-state index in [9.17, 15) is 19.3 Å². The van der Waals surface area contributed by atoms with E-state index in [2.05, 4.69) is 5.32 Å². The number of anilines is 1. The van der Waals surface area contributed by atoms with Gasteiger partial charge in [-0.1, -0.05) is 0 Å². The Morgan fingerprint density at radius 3 is 2.33 bits per heavy atom.